The van der Waals surface area contributed by atoms with Gasteiger partial charge in [0.25, 0.3) is 0 Å². The molecular formula is C13H19NO4. The van der Waals surface area contributed by atoms with E-state index in [1.54, 1.807) is 33.0 Å². The van der Waals surface area contributed by atoms with E-state index < -0.39 is 11.8 Å². The largest absolute Gasteiger partial charge is 0.509 e. The van der Waals surface area contributed by atoms with E-state index in [1.807, 2.05) is 0 Å². The van der Waals surface area contributed by atoms with E-state index in [4.69, 9.17) is 9.47 Å². The molecule has 2 heterocycles. The monoisotopic (exact) mass is 253 g/mol. The summed E-state index contributed by atoms with van der Waals surface area (Å²) in [7, 11) is 0. The van der Waals surface area contributed by atoms with Crippen LogP contribution in [0.15, 0.2) is 12.3 Å². The van der Waals surface area contributed by atoms with Gasteiger partial charge in [0.2, 0.25) is 0 Å². The molecule has 0 aromatic rings. The lowest BCUT2D eigenvalue weighted by atomic mass is 10.0. The molecule has 2 rings (SSSR count). The molecule has 2 atom stereocenters. The zero-order valence-corrected chi connectivity index (χ0v) is 11.0. The van der Waals surface area contributed by atoms with Gasteiger partial charge in [-0.2, -0.15) is 0 Å². The lowest BCUT2D eigenvalue weighted by molar-refractivity contribution is -0.117. The Kier molecular flexibility index (Phi) is 3.32. The van der Waals surface area contributed by atoms with Gasteiger partial charge in [0.15, 0.2) is 5.78 Å². The molecule has 0 saturated carbocycles. The fraction of sp³-hybridized carbons (Fsp3) is 0.692. The van der Waals surface area contributed by atoms with Crippen molar-refractivity contribution < 1.29 is 19.1 Å². The topological polar surface area (TPSA) is 55.8 Å². The minimum atomic E-state index is -0.656. The van der Waals surface area contributed by atoms with Gasteiger partial charge in [0.1, 0.15) is 11.7 Å². The molecule has 100 valence electrons. The second kappa shape index (κ2) is 4.63. The number of allylic oxidation sites excluding steroid dienone is 1. The van der Waals surface area contributed by atoms with Crippen LogP contribution in [-0.4, -0.2) is 41.1 Å². The maximum absolute atomic E-state index is 11.6. The standard InChI is InChI=1S/C13H19NO4/c1-13(2,3)18-12(16)17-11-5-7-14-6-4-9(15)8-10(11)14/h4,6,10-11H,5,7-8H2,1-3H3/t10-,11-/m0/s1. The van der Waals surface area contributed by atoms with Gasteiger partial charge in [0, 0.05) is 25.6 Å². The van der Waals surface area contributed by atoms with E-state index in [1.165, 1.54) is 0 Å². The lowest BCUT2D eigenvalue weighted by Crippen LogP contribution is -2.39. The van der Waals surface area contributed by atoms with Crippen LogP contribution in [0.3, 0.4) is 0 Å². The lowest BCUT2D eigenvalue weighted by Gasteiger charge is -2.29. The summed E-state index contributed by atoms with van der Waals surface area (Å²) in [6, 6.07) is -0.0324. The van der Waals surface area contributed by atoms with Crippen LogP contribution in [0.4, 0.5) is 4.79 Å². The van der Waals surface area contributed by atoms with Crippen molar-refractivity contribution in [3.8, 4) is 0 Å². The summed E-state index contributed by atoms with van der Waals surface area (Å²) in [5.41, 5.74) is -0.558. The van der Waals surface area contributed by atoms with Crippen LogP contribution < -0.4 is 0 Å². The Morgan fingerprint density at radius 2 is 2.17 bits per heavy atom. The smallest absolute Gasteiger partial charge is 0.429 e. The van der Waals surface area contributed by atoms with Crippen molar-refractivity contribution >= 4 is 11.9 Å². The average molecular weight is 253 g/mol. The molecule has 0 bridgehead atoms. The number of rotatable bonds is 1. The number of nitrogens with zero attached hydrogens (tertiary/aromatic N) is 1. The van der Waals surface area contributed by atoms with Crippen LogP contribution in [0.25, 0.3) is 0 Å². The van der Waals surface area contributed by atoms with Crippen molar-refractivity contribution in [2.24, 2.45) is 0 Å². The molecule has 1 fully saturated rings. The fourth-order valence-corrected chi connectivity index (χ4v) is 2.27. The maximum Gasteiger partial charge on any atom is 0.509 e. The molecule has 0 spiro atoms. The Hall–Kier alpha value is -1.52. The van der Waals surface area contributed by atoms with Gasteiger partial charge >= 0.3 is 6.16 Å². The first-order valence-corrected chi connectivity index (χ1v) is 6.21. The second-order valence-electron chi connectivity index (χ2n) is 5.70. The summed E-state index contributed by atoms with van der Waals surface area (Å²) in [6.45, 7) is 6.19. The highest BCUT2D eigenvalue weighted by Gasteiger charge is 2.38. The van der Waals surface area contributed by atoms with Gasteiger partial charge in [0.05, 0.1) is 6.04 Å². The molecule has 2 aliphatic rings. The normalized spacial score (nSPS) is 27.1. The third kappa shape index (κ3) is 3.03. The van der Waals surface area contributed by atoms with E-state index in [0.29, 0.717) is 6.42 Å². The number of fused-ring (bicyclic) bond motifs is 1. The zero-order valence-electron chi connectivity index (χ0n) is 11.0. The first-order valence-electron chi connectivity index (χ1n) is 6.21. The van der Waals surface area contributed by atoms with Gasteiger partial charge in [-0.05, 0) is 26.8 Å². The Morgan fingerprint density at radius 1 is 1.44 bits per heavy atom. The molecule has 5 nitrogen and oxygen atoms in total. The summed E-state index contributed by atoms with van der Waals surface area (Å²) in [6.07, 6.45) is 3.59. The van der Waals surface area contributed by atoms with E-state index in [-0.39, 0.29) is 17.9 Å². The Morgan fingerprint density at radius 3 is 2.83 bits per heavy atom. The molecule has 0 aromatic heterocycles. The molecule has 0 N–H and O–H groups in total. The predicted octanol–water partition coefficient (Wildman–Crippen LogP) is 1.87. The van der Waals surface area contributed by atoms with Crippen LogP contribution in [0.5, 0.6) is 0 Å². The highest BCUT2D eigenvalue weighted by Crippen LogP contribution is 2.27. The maximum atomic E-state index is 11.6. The Bertz CT molecular complexity index is 383. The number of hydrogen-bond acceptors (Lipinski definition) is 5. The van der Waals surface area contributed by atoms with Crippen LogP contribution in [0.1, 0.15) is 33.6 Å². The van der Waals surface area contributed by atoms with Crippen molar-refractivity contribution in [3.63, 3.8) is 0 Å². The highest BCUT2D eigenvalue weighted by atomic mass is 16.7. The molecule has 0 radical (unpaired) electrons. The molecule has 2 aliphatic heterocycles. The van der Waals surface area contributed by atoms with Gasteiger partial charge < -0.3 is 14.4 Å². The SMILES string of the molecule is CC(C)(C)OC(=O)O[C@H]1CCN2C=CC(=O)C[C@@H]12. The van der Waals surface area contributed by atoms with Crippen molar-refractivity contribution in [2.75, 3.05) is 6.54 Å². The summed E-state index contributed by atoms with van der Waals surface area (Å²) < 4.78 is 10.4. The number of carbonyl (C=O) groups is 2. The molecule has 1 saturated heterocycles. The third-order valence-corrected chi connectivity index (χ3v) is 3.03. The van der Waals surface area contributed by atoms with Crippen LogP contribution in [0, 0.1) is 0 Å². The summed E-state index contributed by atoms with van der Waals surface area (Å²) in [5.74, 6) is 0.0796. The Balaban J connectivity index is 1.93. The first kappa shape index (κ1) is 12.9. The van der Waals surface area contributed by atoms with E-state index in [0.717, 1.165) is 13.0 Å². The summed E-state index contributed by atoms with van der Waals surface area (Å²) in [5, 5.41) is 0. The summed E-state index contributed by atoms with van der Waals surface area (Å²) in [4.78, 5) is 25.0. The van der Waals surface area contributed by atoms with Gasteiger partial charge in [-0.1, -0.05) is 0 Å². The first-order chi connectivity index (χ1) is 8.35. The third-order valence-electron chi connectivity index (χ3n) is 3.03. The second-order valence-corrected chi connectivity index (χ2v) is 5.70. The van der Waals surface area contributed by atoms with Gasteiger partial charge in [-0.3, -0.25) is 4.79 Å². The van der Waals surface area contributed by atoms with Gasteiger partial charge in [-0.25, -0.2) is 4.79 Å². The highest BCUT2D eigenvalue weighted by molar-refractivity contribution is 5.91. The van der Waals surface area contributed by atoms with E-state index in [2.05, 4.69) is 4.90 Å². The van der Waals surface area contributed by atoms with Crippen molar-refractivity contribution in [2.45, 2.75) is 51.4 Å². The molecule has 0 unspecified atom stereocenters. The van der Waals surface area contributed by atoms with Crippen LogP contribution >= 0.6 is 0 Å². The molecule has 0 aliphatic carbocycles. The molecule has 5 heteroatoms. The average Bonchev–Trinajstić information content (AvgIpc) is 2.58. The van der Waals surface area contributed by atoms with Crippen molar-refractivity contribution in [1.29, 1.82) is 0 Å². The van der Waals surface area contributed by atoms with Crippen molar-refractivity contribution in [1.82, 2.24) is 4.90 Å². The van der Waals surface area contributed by atoms with Crippen molar-refractivity contribution in [3.05, 3.63) is 12.3 Å². The molecule has 0 aromatic carbocycles. The Labute approximate surface area is 107 Å². The number of hydrogen-bond donors (Lipinski definition) is 0. The minimum absolute atomic E-state index is 0.0324. The number of ether oxygens (including phenoxy) is 2. The number of carbonyl (C=O) groups excluding carboxylic acids is 2. The fourth-order valence-electron chi connectivity index (χ4n) is 2.27. The zero-order chi connectivity index (χ0) is 13.3. The van der Waals surface area contributed by atoms with E-state index in [9.17, 15) is 9.59 Å². The van der Waals surface area contributed by atoms with Gasteiger partial charge in [-0.15, -0.1) is 0 Å². The predicted molar refractivity (Wildman–Crippen MR) is 65.0 cm³/mol. The van der Waals surface area contributed by atoms with Crippen LogP contribution in [0.2, 0.25) is 0 Å². The molecule has 0 amide bonds. The van der Waals surface area contributed by atoms with E-state index >= 15 is 0 Å². The minimum Gasteiger partial charge on any atom is -0.429 e. The molecule has 18 heavy (non-hydrogen) atoms. The summed E-state index contributed by atoms with van der Waals surface area (Å²) >= 11 is 0. The quantitative estimate of drug-likeness (QED) is 0.668. The van der Waals surface area contributed by atoms with Crippen LogP contribution in [-0.2, 0) is 14.3 Å². The molecular weight excluding hydrogens is 234 g/mol. The number of ketones is 1.